The molecule has 1 atom stereocenters. The van der Waals surface area contributed by atoms with Crippen LogP contribution in [0.2, 0.25) is 0 Å². The predicted octanol–water partition coefficient (Wildman–Crippen LogP) is 4.87. The molecule has 0 saturated heterocycles. The van der Waals surface area contributed by atoms with Crippen LogP contribution < -0.4 is 0 Å². The van der Waals surface area contributed by atoms with Crippen LogP contribution in [0.4, 0.5) is 10.5 Å². The third-order valence-corrected chi connectivity index (χ3v) is 4.71. The highest BCUT2D eigenvalue weighted by molar-refractivity contribution is 6.17. The molecule has 0 aliphatic heterocycles. The van der Waals surface area contributed by atoms with Crippen molar-refractivity contribution in [2.75, 3.05) is 26.3 Å². The van der Waals surface area contributed by atoms with Crippen LogP contribution in [-0.2, 0) is 22.6 Å². The number of hydrogen-bond donors (Lipinski definition) is 0. The second-order valence-corrected chi connectivity index (χ2v) is 7.35. The molecule has 7 nitrogen and oxygen atoms in total. The van der Waals surface area contributed by atoms with Crippen molar-refractivity contribution >= 4 is 23.4 Å². The van der Waals surface area contributed by atoms with Crippen LogP contribution >= 0.6 is 11.6 Å². The fourth-order valence-corrected chi connectivity index (χ4v) is 3.33. The Labute approximate surface area is 175 Å². The molecule has 29 heavy (non-hydrogen) atoms. The smallest absolute Gasteiger partial charge is 0.434 e. The van der Waals surface area contributed by atoms with E-state index in [0.717, 1.165) is 36.1 Å². The van der Waals surface area contributed by atoms with Crippen molar-refractivity contribution in [3.63, 3.8) is 0 Å². The summed E-state index contributed by atoms with van der Waals surface area (Å²) in [4.78, 5) is 21.7. The first kappa shape index (κ1) is 22.6. The minimum atomic E-state index is -0.757. The predicted molar refractivity (Wildman–Crippen MR) is 110 cm³/mol. The number of alkyl halides is 1. The SMILES string of the molecule is C[N+](CCCCOC(=O)OCCl)(Cc1ccccc1)Cc1ccc([N+](=O)[O-])cc1. The average Bonchev–Trinajstić information content (AvgIpc) is 2.69. The molecule has 0 fully saturated rings. The normalized spacial score (nSPS) is 12.8. The van der Waals surface area contributed by atoms with E-state index < -0.39 is 11.1 Å². The lowest BCUT2D eigenvalue weighted by Gasteiger charge is -2.35. The Hall–Kier alpha value is -2.64. The molecule has 1 unspecified atom stereocenters. The molecule has 0 N–H and O–H groups in total. The molecule has 0 aromatic heterocycles. The van der Waals surface area contributed by atoms with E-state index in [0.29, 0.717) is 6.42 Å². The largest absolute Gasteiger partial charge is 0.509 e. The van der Waals surface area contributed by atoms with E-state index in [-0.39, 0.29) is 18.4 Å². The number of halogens is 1. The molecule has 0 spiro atoms. The highest BCUT2D eigenvalue weighted by Gasteiger charge is 2.23. The summed E-state index contributed by atoms with van der Waals surface area (Å²) in [5.74, 6) is 0. The Bertz CT molecular complexity index is 785. The van der Waals surface area contributed by atoms with Gasteiger partial charge in [-0.05, 0) is 25.0 Å². The molecule has 0 radical (unpaired) electrons. The van der Waals surface area contributed by atoms with Crippen molar-refractivity contribution in [3.8, 4) is 0 Å². The number of carbonyl (C=O) groups excluding carboxylic acids is 1. The average molecular weight is 422 g/mol. The van der Waals surface area contributed by atoms with Crippen molar-refractivity contribution < 1.29 is 23.7 Å². The number of ether oxygens (including phenoxy) is 2. The van der Waals surface area contributed by atoms with Crippen LogP contribution in [0.3, 0.4) is 0 Å². The van der Waals surface area contributed by atoms with E-state index in [1.807, 2.05) is 30.3 Å². The number of nitro groups is 1. The van der Waals surface area contributed by atoms with Gasteiger partial charge in [0.2, 0.25) is 0 Å². The van der Waals surface area contributed by atoms with Gasteiger partial charge in [-0.25, -0.2) is 4.79 Å². The molecule has 0 heterocycles. The van der Waals surface area contributed by atoms with Crippen LogP contribution in [-0.4, -0.2) is 41.8 Å². The summed E-state index contributed by atoms with van der Waals surface area (Å²) in [6.45, 7) is 2.70. The Morgan fingerprint density at radius 3 is 2.21 bits per heavy atom. The molecule has 0 amide bonds. The number of hydrogen-bond acceptors (Lipinski definition) is 5. The van der Waals surface area contributed by atoms with E-state index in [1.165, 1.54) is 5.56 Å². The molecule has 0 aliphatic carbocycles. The summed E-state index contributed by atoms with van der Waals surface area (Å²) in [5.41, 5.74) is 2.35. The van der Waals surface area contributed by atoms with Gasteiger partial charge >= 0.3 is 6.16 Å². The topological polar surface area (TPSA) is 78.7 Å². The molecule has 0 bridgehead atoms. The molecule has 2 aromatic rings. The van der Waals surface area contributed by atoms with Crippen molar-refractivity contribution in [1.29, 1.82) is 0 Å². The number of non-ortho nitro benzene ring substituents is 1. The molecule has 0 aliphatic rings. The highest BCUT2D eigenvalue weighted by Crippen LogP contribution is 2.20. The van der Waals surface area contributed by atoms with Gasteiger partial charge in [-0.15, -0.1) is 0 Å². The maximum absolute atomic E-state index is 11.2. The first-order chi connectivity index (χ1) is 13.9. The van der Waals surface area contributed by atoms with Crippen molar-refractivity contribution in [1.82, 2.24) is 0 Å². The third kappa shape index (κ3) is 8.09. The zero-order chi connectivity index (χ0) is 21.1. The molecular formula is C21H26ClN2O5+. The zero-order valence-corrected chi connectivity index (χ0v) is 17.2. The number of rotatable bonds is 11. The van der Waals surface area contributed by atoms with Gasteiger partial charge < -0.3 is 14.0 Å². The molecule has 2 rings (SSSR count). The Morgan fingerprint density at radius 1 is 1.00 bits per heavy atom. The number of quaternary nitrogens is 1. The molecule has 156 valence electrons. The first-order valence-electron chi connectivity index (χ1n) is 9.38. The molecule has 0 saturated carbocycles. The number of unbranched alkanes of at least 4 members (excludes halogenated alkanes) is 1. The van der Waals surface area contributed by atoms with E-state index in [9.17, 15) is 14.9 Å². The zero-order valence-electron chi connectivity index (χ0n) is 16.5. The summed E-state index contributed by atoms with van der Waals surface area (Å²) in [6.07, 6.45) is 0.803. The van der Waals surface area contributed by atoms with Gasteiger partial charge in [0, 0.05) is 23.3 Å². The second kappa shape index (κ2) is 11.4. The second-order valence-electron chi connectivity index (χ2n) is 7.13. The van der Waals surface area contributed by atoms with Gasteiger partial charge in [0.15, 0.2) is 6.07 Å². The summed E-state index contributed by atoms with van der Waals surface area (Å²) in [7, 11) is 2.16. The molecule has 2 aromatic carbocycles. The monoisotopic (exact) mass is 421 g/mol. The van der Waals surface area contributed by atoms with Crippen molar-refractivity contribution in [3.05, 3.63) is 75.8 Å². The van der Waals surface area contributed by atoms with E-state index in [2.05, 4.69) is 23.9 Å². The molecule has 8 heteroatoms. The number of nitrogens with zero attached hydrogens (tertiary/aromatic N) is 2. The minimum absolute atomic E-state index is 0.0898. The lowest BCUT2D eigenvalue weighted by atomic mass is 10.1. The van der Waals surface area contributed by atoms with Gasteiger partial charge in [-0.2, -0.15) is 0 Å². The van der Waals surface area contributed by atoms with Gasteiger partial charge in [-0.3, -0.25) is 10.1 Å². The number of nitro benzene ring substituents is 1. The van der Waals surface area contributed by atoms with E-state index >= 15 is 0 Å². The van der Waals surface area contributed by atoms with Crippen LogP contribution in [0.1, 0.15) is 24.0 Å². The Balaban J connectivity index is 1.99. The lowest BCUT2D eigenvalue weighted by molar-refractivity contribution is -0.935. The summed E-state index contributed by atoms with van der Waals surface area (Å²) in [5, 5.41) is 10.9. The minimum Gasteiger partial charge on any atom is -0.434 e. The first-order valence-corrected chi connectivity index (χ1v) is 9.92. The van der Waals surface area contributed by atoms with Crippen LogP contribution in [0.5, 0.6) is 0 Å². The lowest BCUT2D eigenvalue weighted by Crippen LogP contribution is -2.43. The van der Waals surface area contributed by atoms with Gasteiger partial charge in [0.05, 0.1) is 25.1 Å². The number of carbonyl (C=O) groups is 1. The fourth-order valence-electron chi connectivity index (χ4n) is 3.24. The van der Waals surface area contributed by atoms with Gasteiger partial charge in [0.25, 0.3) is 5.69 Å². The van der Waals surface area contributed by atoms with Gasteiger partial charge in [0.1, 0.15) is 13.1 Å². The highest BCUT2D eigenvalue weighted by atomic mass is 35.5. The van der Waals surface area contributed by atoms with Crippen molar-refractivity contribution in [2.45, 2.75) is 25.9 Å². The van der Waals surface area contributed by atoms with E-state index in [4.69, 9.17) is 16.3 Å². The maximum atomic E-state index is 11.2. The summed E-state index contributed by atoms with van der Waals surface area (Å²) >= 11 is 5.31. The Kier molecular flexibility index (Phi) is 8.89. The summed E-state index contributed by atoms with van der Waals surface area (Å²) < 4.78 is 10.2. The standard InChI is InChI=1S/C21H26ClN2O5/c1-24(15-18-7-3-2-4-8-18,13-5-6-14-28-21(25)29-17-22)16-19-9-11-20(12-10-19)23(26)27/h2-4,7-12H,5-6,13-17H2,1H3/q+1. The van der Waals surface area contributed by atoms with Crippen LogP contribution in [0, 0.1) is 10.1 Å². The van der Waals surface area contributed by atoms with Crippen molar-refractivity contribution in [2.24, 2.45) is 0 Å². The molecular weight excluding hydrogens is 396 g/mol. The quantitative estimate of drug-likeness (QED) is 0.129. The van der Waals surface area contributed by atoms with Crippen LogP contribution in [0.25, 0.3) is 0 Å². The Morgan fingerprint density at radius 2 is 1.62 bits per heavy atom. The number of benzene rings is 2. The van der Waals surface area contributed by atoms with E-state index in [1.54, 1.807) is 12.1 Å². The third-order valence-electron chi connectivity index (χ3n) is 4.60. The van der Waals surface area contributed by atoms with Gasteiger partial charge in [-0.1, -0.05) is 41.9 Å². The maximum Gasteiger partial charge on any atom is 0.509 e. The van der Waals surface area contributed by atoms with Crippen LogP contribution in [0.15, 0.2) is 54.6 Å². The fraction of sp³-hybridized carbons (Fsp3) is 0.381. The summed E-state index contributed by atoms with van der Waals surface area (Å²) in [6, 6.07) is 16.7.